The highest BCUT2D eigenvalue weighted by atomic mass is 32.2. The molecule has 10 heteroatoms. The molecule has 0 radical (unpaired) electrons. The molecule has 2 atom stereocenters. The maximum absolute atomic E-state index is 11.0. The van der Waals surface area contributed by atoms with Crippen molar-refractivity contribution in [1.29, 1.82) is 0 Å². The number of nitro groups is 2. The molecule has 16 heavy (non-hydrogen) atoms. The number of allylic oxidation sites excluding steroid dienone is 2. The third-order valence-corrected chi connectivity index (χ3v) is 3.44. The minimum atomic E-state index is -5.26. The zero-order valence-electron chi connectivity index (χ0n) is 7.59. The minimum Gasteiger partial charge on any atom is -0.280 e. The van der Waals surface area contributed by atoms with E-state index in [1.165, 1.54) is 0 Å². The summed E-state index contributed by atoms with van der Waals surface area (Å²) < 4.78 is 30.8. The van der Waals surface area contributed by atoms with Crippen molar-refractivity contribution in [3.8, 4) is 0 Å². The quantitative estimate of drug-likeness (QED) is 0.408. The number of hydrogen-bond donors (Lipinski definition) is 1. The fraction of sp³-hybridized carbons (Fsp3) is 0.333. The largest absolute Gasteiger partial charge is 0.429 e. The summed E-state index contributed by atoms with van der Waals surface area (Å²) in [5, 5.41) is 21.3. The molecule has 0 aromatic carbocycles. The van der Waals surface area contributed by atoms with Gasteiger partial charge < -0.3 is 0 Å². The SMILES string of the molecule is O=[N+]([O-])C1C=CC=CC1([N+](=O)[O-])S(=O)(=O)O. The van der Waals surface area contributed by atoms with E-state index in [1.54, 1.807) is 0 Å². The molecule has 0 amide bonds. The lowest BCUT2D eigenvalue weighted by atomic mass is 10.0. The van der Waals surface area contributed by atoms with Crippen LogP contribution in [-0.4, -0.2) is 33.7 Å². The average Bonchev–Trinajstić information content (AvgIpc) is 2.15. The molecule has 0 heterocycles. The Labute approximate surface area is 89.1 Å². The second kappa shape index (κ2) is 3.64. The molecule has 0 bridgehead atoms. The molecule has 9 nitrogen and oxygen atoms in total. The van der Waals surface area contributed by atoms with Crippen LogP contribution in [0.15, 0.2) is 24.3 Å². The van der Waals surface area contributed by atoms with Crippen molar-refractivity contribution in [2.75, 3.05) is 0 Å². The third kappa shape index (κ3) is 1.57. The normalized spacial score (nSPS) is 28.9. The molecule has 0 fully saturated rings. The Morgan fingerprint density at radius 3 is 2.12 bits per heavy atom. The minimum absolute atomic E-state index is 0.482. The van der Waals surface area contributed by atoms with Crippen molar-refractivity contribution in [3.05, 3.63) is 44.5 Å². The molecule has 0 saturated carbocycles. The van der Waals surface area contributed by atoms with Crippen LogP contribution < -0.4 is 0 Å². The van der Waals surface area contributed by atoms with E-state index in [9.17, 15) is 28.6 Å². The fourth-order valence-corrected chi connectivity index (χ4v) is 2.23. The number of hydrogen-bond acceptors (Lipinski definition) is 6. The Kier molecular flexibility index (Phi) is 2.79. The first-order valence-corrected chi connectivity index (χ1v) is 5.28. The van der Waals surface area contributed by atoms with Crippen LogP contribution in [0.4, 0.5) is 0 Å². The second-order valence-electron chi connectivity index (χ2n) is 2.96. The van der Waals surface area contributed by atoms with Crippen LogP contribution in [0.5, 0.6) is 0 Å². The molecule has 0 aromatic rings. The summed E-state index contributed by atoms with van der Waals surface area (Å²) in [4.78, 5) is 15.6. The predicted octanol–water partition coefficient (Wildman–Crippen LogP) is -0.382. The molecule has 88 valence electrons. The van der Waals surface area contributed by atoms with Gasteiger partial charge in [0.05, 0.1) is 4.92 Å². The molecule has 0 spiro atoms. The summed E-state index contributed by atoms with van der Waals surface area (Å²) in [5.74, 6) is 0. The standard InChI is InChI=1S/C6H6N2O7S/c9-7(10)5-3-1-2-4-6(5,8(11)12)16(13,14)15/h1-5H,(H,13,14,15). The Morgan fingerprint density at radius 1 is 1.25 bits per heavy atom. The van der Waals surface area contributed by atoms with Gasteiger partial charge in [-0.3, -0.25) is 24.8 Å². The summed E-state index contributed by atoms with van der Waals surface area (Å²) in [5.41, 5.74) is 0. The smallest absolute Gasteiger partial charge is 0.280 e. The lowest BCUT2D eigenvalue weighted by molar-refractivity contribution is -0.613. The molecule has 0 aliphatic heterocycles. The second-order valence-corrected chi connectivity index (χ2v) is 4.56. The lowest BCUT2D eigenvalue weighted by Crippen LogP contribution is -2.56. The maximum atomic E-state index is 11.0. The van der Waals surface area contributed by atoms with Crippen LogP contribution in [-0.2, 0) is 10.1 Å². The van der Waals surface area contributed by atoms with Crippen LogP contribution in [0.1, 0.15) is 0 Å². The van der Waals surface area contributed by atoms with Gasteiger partial charge in [-0.1, -0.05) is 12.2 Å². The summed E-state index contributed by atoms with van der Waals surface area (Å²) in [7, 11) is -5.26. The highest BCUT2D eigenvalue weighted by Crippen LogP contribution is 2.29. The van der Waals surface area contributed by atoms with E-state index in [1.807, 2.05) is 0 Å². The van der Waals surface area contributed by atoms with Crippen molar-refractivity contribution in [3.63, 3.8) is 0 Å². The van der Waals surface area contributed by atoms with Crippen molar-refractivity contribution >= 4 is 10.1 Å². The zero-order chi connectivity index (χ0) is 12.6. The van der Waals surface area contributed by atoms with Crippen molar-refractivity contribution in [2.45, 2.75) is 10.9 Å². The van der Waals surface area contributed by atoms with Crippen LogP contribution in [0, 0.1) is 20.2 Å². The van der Waals surface area contributed by atoms with Gasteiger partial charge in [-0.15, -0.1) is 0 Å². The molecule has 0 aromatic heterocycles. The van der Waals surface area contributed by atoms with E-state index >= 15 is 0 Å². The lowest BCUT2D eigenvalue weighted by Gasteiger charge is -2.21. The molecule has 0 saturated heterocycles. The van der Waals surface area contributed by atoms with E-state index in [4.69, 9.17) is 4.55 Å². The molecule has 1 N–H and O–H groups in total. The van der Waals surface area contributed by atoms with Gasteiger partial charge in [-0.2, -0.15) is 8.42 Å². The highest BCUT2D eigenvalue weighted by Gasteiger charge is 2.66. The zero-order valence-corrected chi connectivity index (χ0v) is 8.40. The Hall–Kier alpha value is -1.81. The predicted molar refractivity (Wildman–Crippen MR) is 50.3 cm³/mol. The van der Waals surface area contributed by atoms with E-state index < -0.39 is 30.9 Å². The van der Waals surface area contributed by atoms with E-state index in [-0.39, 0.29) is 0 Å². The summed E-state index contributed by atoms with van der Waals surface area (Å²) >= 11 is 0. The first-order chi connectivity index (χ1) is 7.23. The Balaban J connectivity index is 3.52. The first-order valence-electron chi connectivity index (χ1n) is 3.84. The Morgan fingerprint density at radius 2 is 1.81 bits per heavy atom. The van der Waals surface area contributed by atoms with E-state index in [2.05, 4.69) is 0 Å². The highest BCUT2D eigenvalue weighted by molar-refractivity contribution is 7.87. The number of rotatable bonds is 3. The molecule has 1 rings (SSSR count). The first kappa shape index (κ1) is 12.3. The van der Waals surface area contributed by atoms with Gasteiger partial charge in [0, 0.05) is 11.0 Å². The summed E-state index contributed by atoms with van der Waals surface area (Å²) in [6.45, 7) is 0. The Bertz CT molecular complexity index is 493. The van der Waals surface area contributed by atoms with Gasteiger partial charge in [-0.05, 0) is 6.08 Å². The van der Waals surface area contributed by atoms with Crippen molar-refractivity contribution in [2.24, 2.45) is 0 Å². The van der Waals surface area contributed by atoms with Crippen molar-refractivity contribution in [1.82, 2.24) is 0 Å². The molecule has 1 aliphatic carbocycles. The van der Waals surface area contributed by atoms with E-state index in [0.717, 1.165) is 18.2 Å². The van der Waals surface area contributed by atoms with Crippen LogP contribution >= 0.6 is 0 Å². The average molecular weight is 250 g/mol. The van der Waals surface area contributed by atoms with Gasteiger partial charge in [0.1, 0.15) is 0 Å². The maximum Gasteiger partial charge on any atom is 0.429 e. The van der Waals surface area contributed by atoms with Crippen LogP contribution in [0.25, 0.3) is 0 Å². The van der Waals surface area contributed by atoms with Gasteiger partial charge >= 0.3 is 21.0 Å². The van der Waals surface area contributed by atoms with Crippen LogP contribution in [0.3, 0.4) is 0 Å². The summed E-state index contributed by atoms with van der Waals surface area (Å²) in [6, 6.07) is -2.16. The summed E-state index contributed by atoms with van der Waals surface area (Å²) in [6.07, 6.45) is 3.27. The molecule has 2 unspecified atom stereocenters. The third-order valence-electron chi connectivity index (χ3n) is 2.09. The topological polar surface area (TPSA) is 141 Å². The van der Waals surface area contributed by atoms with Gasteiger partial charge in [0.15, 0.2) is 0 Å². The number of nitrogens with zero attached hydrogens (tertiary/aromatic N) is 2. The monoisotopic (exact) mass is 250 g/mol. The van der Waals surface area contributed by atoms with Gasteiger partial charge in [0.2, 0.25) is 0 Å². The van der Waals surface area contributed by atoms with Crippen molar-refractivity contribution < 1.29 is 22.8 Å². The molecular weight excluding hydrogens is 244 g/mol. The molecular formula is C6H6N2O7S. The van der Waals surface area contributed by atoms with E-state index in [0.29, 0.717) is 6.08 Å². The van der Waals surface area contributed by atoms with Gasteiger partial charge in [0.25, 0.3) is 0 Å². The van der Waals surface area contributed by atoms with Crippen LogP contribution in [0.2, 0.25) is 0 Å². The fourth-order valence-electron chi connectivity index (χ4n) is 1.32. The molecule has 1 aliphatic rings. The van der Waals surface area contributed by atoms with Gasteiger partial charge in [-0.25, -0.2) is 0 Å².